The highest BCUT2D eigenvalue weighted by Gasteiger charge is 2.34. The molecule has 2 amide bonds. The van der Waals surface area contributed by atoms with Crippen molar-refractivity contribution in [2.75, 3.05) is 16.8 Å². The molecule has 2 N–H and O–H groups in total. The zero-order valence-electron chi connectivity index (χ0n) is 18.1. The summed E-state index contributed by atoms with van der Waals surface area (Å²) >= 11 is 0. The SMILES string of the molecule is C[C@@H](CCC(=O)Nc1cc(C2CC2)nn1[C@@H]1CCS(=O)(=O)C1)NC(=O)OC(C)(C)C. The van der Waals surface area contributed by atoms with Crippen LogP contribution in [0.4, 0.5) is 10.6 Å². The lowest BCUT2D eigenvalue weighted by Crippen LogP contribution is -2.38. The molecular formula is C20H32N4O5S. The second-order valence-electron chi connectivity index (χ2n) is 9.36. The van der Waals surface area contributed by atoms with E-state index in [4.69, 9.17) is 4.74 Å². The van der Waals surface area contributed by atoms with E-state index >= 15 is 0 Å². The maximum Gasteiger partial charge on any atom is 0.407 e. The summed E-state index contributed by atoms with van der Waals surface area (Å²) in [6.07, 6.45) is 2.80. The molecule has 0 radical (unpaired) electrons. The molecule has 1 aromatic rings. The molecule has 1 saturated heterocycles. The number of carbonyl (C=O) groups is 2. The third-order valence-corrected chi connectivity index (χ3v) is 6.89. The molecule has 30 heavy (non-hydrogen) atoms. The molecule has 0 spiro atoms. The van der Waals surface area contributed by atoms with Crippen LogP contribution in [0.15, 0.2) is 6.07 Å². The van der Waals surface area contributed by atoms with Crippen molar-refractivity contribution >= 4 is 27.7 Å². The van der Waals surface area contributed by atoms with Crippen LogP contribution in [0.1, 0.15) is 77.5 Å². The molecule has 168 valence electrons. The Morgan fingerprint density at radius 3 is 2.57 bits per heavy atom. The molecular weight excluding hydrogens is 408 g/mol. The Bertz CT molecular complexity index is 899. The molecule has 1 saturated carbocycles. The highest BCUT2D eigenvalue weighted by atomic mass is 32.2. The van der Waals surface area contributed by atoms with Gasteiger partial charge in [0.15, 0.2) is 9.84 Å². The van der Waals surface area contributed by atoms with Gasteiger partial charge in [-0.3, -0.25) is 4.79 Å². The van der Waals surface area contributed by atoms with E-state index < -0.39 is 21.5 Å². The van der Waals surface area contributed by atoms with Crippen molar-refractivity contribution in [2.24, 2.45) is 0 Å². The van der Waals surface area contributed by atoms with E-state index in [0.717, 1.165) is 18.5 Å². The van der Waals surface area contributed by atoms with E-state index in [9.17, 15) is 18.0 Å². The molecule has 2 heterocycles. The number of carbonyl (C=O) groups excluding carboxylic acids is 2. The number of anilines is 1. The summed E-state index contributed by atoms with van der Waals surface area (Å²) in [4.78, 5) is 24.3. The summed E-state index contributed by atoms with van der Waals surface area (Å²) in [6.45, 7) is 7.19. The maximum atomic E-state index is 12.5. The van der Waals surface area contributed by atoms with Crippen LogP contribution < -0.4 is 10.6 Å². The predicted molar refractivity (Wildman–Crippen MR) is 113 cm³/mol. The predicted octanol–water partition coefficient (Wildman–Crippen LogP) is 2.75. The number of nitrogens with one attached hydrogen (secondary N) is 2. The monoisotopic (exact) mass is 440 g/mol. The lowest BCUT2D eigenvalue weighted by Gasteiger charge is -2.22. The van der Waals surface area contributed by atoms with Crippen LogP contribution in [0.25, 0.3) is 0 Å². The molecule has 1 aliphatic heterocycles. The number of aromatic nitrogens is 2. The normalized spacial score (nSPS) is 21.8. The van der Waals surface area contributed by atoms with Crippen LogP contribution in [-0.4, -0.2) is 53.3 Å². The third-order valence-electron chi connectivity index (χ3n) is 5.14. The van der Waals surface area contributed by atoms with E-state index in [-0.39, 0.29) is 35.9 Å². The van der Waals surface area contributed by atoms with Gasteiger partial charge in [0.25, 0.3) is 0 Å². The van der Waals surface area contributed by atoms with Gasteiger partial charge in [-0.2, -0.15) is 5.10 Å². The van der Waals surface area contributed by atoms with Crippen molar-refractivity contribution in [2.45, 2.75) is 83.4 Å². The van der Waals surface area contributed by atoms with Gasteiger partial charge in [0.2, 0.25) is 5.91 Å². The second-order valence-corrected chi connectivity index (χ2v) is 11.6. The van der Waals surface area contributed by atoms with Crippen LogP contribution in [0.5, 0.6) is 0 Å². The van der Waals surface area contributed by atoms with Crippen LogP contribution in [0, 0.1) is 0 Å². The summed E-state index contributed by atoms with van der Waals surface area (Å²) in [5.74, 6) is 0.961. The first-order chi connectivity index (χ1) is 13.9. The molecule has 10 heteroatoms. The Balaban J connectivity index is 1.56. The number of hydrogen-bond acceptors (Lipinski definition) is 6. The average molecular weight is 441 g/mol. The third kappa shape index (κ3) is 6.45. The summed E-state index contributed by atoms with van der Waals surface area (Å²) in [7, 11) is -3.06. The summed E-state index contributed by atoms with van der Waals surface area (Å²) in [6, 6.07) is 1.39. The van der Waals surface area contributed by atoms with Crippen molar-refractivity contribution in [3.05, 3.63) is 11.8 Å². The Kier molecular flexibility index (Phi) is 6.45. The number of hydrogen-bond donors (Lipinski definition) is 2. The Labute approximate surface area is 177 Å². The Morgan fingerprint density at radius 2 is 2.00 bits per heavy atom. The minimum atomic E-state index is -3.06. The fraction of sp³-hybridized carbons (Fsp3) is 0.750. The van der Waals surface area contributed by atoms with Gasteiger partial charge in [-0.05, 0) is 53.4 Å². The lowest BCUT2D eigenvalue weighted by molar-refractivity contribution is -0.116. The standard InChI is InChI=1S/C20H32N4O5S/c1-13(21-19(26)29-20(2,3)4)5-8-18(25)22-17-11-16(14-6-7-14)23-24(17)15-9-10-30(27,28)12-15/h11,13-15H,5-10,12H2,1-4H3,(H,21,26)(H,22,25)/t13-,15+/m0/s1. The highest BCUT2D eigenvalue weighted by Crippen LogP contribution is 2.41. The van der Waals surface area contributed by atoms with Crippen molar-refractivity contribution < 1.29 is 22.7 Å². The van der Waals surface area contributed by atoms with Gasteiger partial charge in [-0.15, -0.1) is 0 Å². The number of ether oxygens (including phenoxy) is 1. The molecule has 0 unspecified atom stereocenters. The van der Waals surface area contributed by atoms with Crippen molar-refractivity contribution in [1.82, 2.24) is 15.1 Å². The fourth-order valence-corrected chi connectivity index (χ4v) is 5.16. The van der Waals surface area contributed by atoms with Crippen molar-refractivity contribution in [1.29, 1.82) is 0 Å². The van der Waals surface area contributed by atoms with E-state index in [1.54, 1.807) is 25.5 Å². The molecule has 1 aliphatic carbocycles. The minimum absolute atomic E-state index is 0.0541. The van der Waals surface area contributed by atoms with Gasteiger partial charge in [-0.1, -0.05) is 0 Å². The molecule has 9 nitrogen and oxygen atoms in total. The van der Waals surface area contributed by atoms with Crippen molar-refractivity contribution in [3.63, 3.8) is 0 Å². The zero-order valence-corrected chi connectivity index (χ0v) is 18.9. The number of nitrogens with zero attached hydrogens (tertiary/aromatic N) is 2. The van der Waals surface area contributed by atoms with Crippen molar-refractivity contribution in [3.8, 4) is 0 Å². The molecule has 1 aromatic heterocycles. The topological polar surface area (TPSA) is 119 Å². The molecule has 2 fully saturated rings. The van der Waals surface area contributed by atoms with Gasteiger partial charge in [0.05, 0.1) is 23.2 Å². The Hall–Kier alpha value is -2.10. The van der Waals surface area contributed by atoms with Crippen LogP contribution in [0.3, 0.4) is 0 Å². The van der Waals surface area contributed by atoms with E-state index in [0.29, 0.717) is 24.6 Å². The van der Waals surface area contributed by atoms with Crippen LogP contribution >= 0.6 is 0 Å². The van der Waals surface area contributed by atoms with E-state index in [1.807, 2.05) is 13.0 Å². The van der Waals surface area contributed by atoms with Gasteiger partial charge in [-0.25, -0.2) is 17.9 Å². The Morgan fingerprint density at radius 1 is 1.30 bits per heavy atom. The fourth-order valence-electron chi connectivity index (χ4n) is 3.47. The minimum Gasteiger partial charge on any atom is -0.444 e. The first kappa shape index (κ1) is 22.6. The van der Waals surface area contributed by atoms with E-state index in [1.165, 1.54) is 0 Å². The zero-order chi connectivity index (χ0) is 22.1. The number of sulfone groups is 1. The maximum absolute atomic E-state index is 12.5. The second kappa shape index (κ2) is 8.56. The lowest BCUT2D eigenvalue weighted by atomic mass is 10.1. The number of alkyl carbamates (subject to hydrolysis) is 1. The van der Waals surface area contributed by atoms with Gasteiger partial charge < -0.3 is 15.4 Å². The van der Waals surface area contributed by atoms with Gasteiger partial charge >= 0.3 is 6.09 Å². The average Bonchev–Trinajstić information content (AvgIpc) is 3.27. The summed E-state index contributed by atoms with van der Waals surface area (Å²) in [5, 5.41) is 10.2. The number of rotatable bonds is 7. The van der Waals surface area contributed by atoms with E-state index in [2.05, 4.69) is 15.7 Å². The molecule has 0 aromatic carbocycles. The highest BCUT2D eigenvalue weighted by molar-refractivity contribution is 7.91. The quantitative estimate of drug-likeness (QED) is 0.673. The number of amides is 2. The largest absolute Gasteiger partial charge is 0.444 e. The summed E-state index contributed by atoms with van der Waals surface area (Å²) in [5.41, 5.74) is 0.335. The molecule has 2 atom stereocenters. The molecule has 2 aliphatic rings. The van der Waals surface area contributed by atoms with Gasteiger partial charge in [0.1, 0.15) is 11.4 Å². The molecule has 3 rings (SSSR count). The first-order valence-electron chi connectivity index (χ1n) is 10.5. The molecule has 0 bridgehead atoms. The van der Waals surface area contributed by atoms with Crippen LogP contribution in [0.2, 0.25) is 0 Å². The first-order valence-corrected chi connectivity index (χ1v) is 12.3. The summed E-state index contributed by atoms with van der Waals surface area (Å²) < 4.78 is 30.7. The van der Waals surface area contributed by atoms with Gasteiger partial charge in [0, 0.05) is 24.4 Å². The smallest absolute Gasteiger partial charge is 0.407 e. The van der Waals surface area contributed by atoms with Crippen LogP contribution in [-0.2, 0) is 19.4 Å².